The van der Waals surface area contributed by atoms with Gasteiger partial charge in [-0.05, 0) is 50.3 Å². The van der Waals surface area contributed by atoms with E-state index in [0.29, 0.717) is 12.8 Å². The van der Waals surface area contributed by atoms with Crippen molar-refractivity contribution in [2.45, 2.75) is 62.9 Å². The summed E-state index contributed by atoms with van der Waals surface area (Å²) in [5.41, 5.74) is 1.27. The van der Waals surface area contributed by atoms with Crippen LogP contribution < -0.4 is 5.32 Å². The van der Waals surface area contributed by atoms with Crippen LogP contribution >= 0.6 is 0 Å². The third kappa shape index (κ3) is 9.07. The van der Waals surface area contributed by atoms with Crippen LogP contribution in [0.5, 0.6) is 0 Å². The van der Waals surface area contributed by atoms with Gasteiger partial charge < -0.3 is 10.1 Å². The molecule has 33 heavy (non-hydrogen) atoms. The molecule has 0 spiro atoms. The van der Waals surface area contributed by atoms with Crippen molar-refractivity contribution < 1.29 is 27.3 Å². The summed E-state index contributed by atoms with van der Waals surface area (Å²) in [6.07, 6.45) is 4.50. The lowest BCUT2D eigenvalue weighted by atomic mass is 9.88. The monoisotopic (exact) mass is 475 g/mol. The number of anilines is 1. The molecule has 8 heteroatoms. The van der Waals surface area contributed by atoms with Gasteiger partial charge in [-0.25, -0.2) is 0 Å². The number of aryl methyl sites for hydroxylation is 1. The number of ether oxygens (including phenoxy) is 1. The molecule has 7 nitrogen and oxygen atoms in total. The number of ketones is 1. The third-order valence-electron chi connectivity index (χ3n) is 5.69. The average Bonchev–Trinajstić information content (AvgIpc) is 2.78. The van der Waals surface area contributed by atoms with Crippen LogP contribution in [-0.2, 0) is 30.9 Å². The maximum absolute atomic E-state index is 12.2. The van der Waals surface area contributed by atoms with Gasteiger partial charge in [-0.3, -0.25) is 14.1 Å². The van der Waals surface area contributed by atoms with Gasteiger partial charge in [-0.1, -0.05) is 55.3 Å². The second-order valence-electron chi connectivity index (χ2n) is 8.13. The van der Waals surface area contributed by atoms with Crippen molar-refractivity contribution in [2.24, 2.45) is 5.92 Å². The van der Waals surface area contributed by atoms with E-state index in [1.165, 1.54) is 23.8 Å². The Morgan fingerprint density at radius 3 is 2.27 bits per heavy atom. The first-order chi connectivity index (χ1) is 15.7. The van der Waals surface area contributed by atoms with Crippen LogP contribution in [0.2, 0.25) is 0 Å². The number of hydrogen-bond acceptors (Lipinski definition) is 5. The molecule has 0 saturated carbocycles. The Bertz CT molecular complexity index is 1010. The molecule has 0 aromatic heterocycles. The molecule has 2 rings (SSSR count). The van der Waals surface area contributed by atoms with Crippen LogP contribution in [0.1, 0.15) is 51.0 Å². The van der Waals surface area contributed by atoms with Crippen LogP contribution in [0.4, 0.5) is 5.69 Å². The number of unbranched alkanes of at least 4 members (excludes halogenated alkanes) is 2. The van der Waals surface area contributed by atoms with E-state index in [1.54, 1.807) is 20.1 Å². The number of para-hydroxylation sites is 1. The summed E-state index contributed by atoms with van der Waals surface area (Å²) in [5, 5.41) is 2.54. The molecular weight excluding hydrogens is 442 g/mol. The number of carbonyl (C=O) groups is 2. The number of carbonyl (C=O) groups excluding carboxylic acids is 2. The molecule has 0 heterocycles. The molecule has 2 aromatic rings. The number of nitrogens with one attached hydrogen (secondary N) is 1. The lowest BCUT2D eigenvalue weighted by Gasteiger charge is -2.24. The Kier molecular flexibility index (Phi) is 10.7. The zero-order valence-corrected chi connectivity index (χ0v) is 20.0. The number of Topliss-reactive ketones (excluding diaryl/α,β-unsaturated/α-hetero) is 1. The zero-order valence-electron chi connectivity index (χ0n) is 19.2. The number of methoxy groups -OCH3 is 1. The van der Waals surface area contributed by atoms with Gasteiger partial charge in [0.25, 0.3) is 10.1 Å². The topological polar surface area (TPSA) is 110 Å². The molecular formula is C25H33NO6S. The van der Waals surface area contributed by atoms with Crippen molar-refractivity contribution in [3.05, 3.63) is 60.2 Å². The number of amides is 1. The minimum atomic E-state index is -4.42. The molecule has 0 bridgehead atoms. The molecule has 2 N–H and O–H groups in total. The molecule has 0 saturated heterocycles. The van der Waals surface area contributed by atoms with Crippen molar-refractivity contribution >= 4 is 27.5 Å². The highest BCUT2D eigenvalue weighted by Gasteiger charge is 2.25. The van der Waals surface area contributed by atoms with Gasteiger partial charge in [0.15, 0.2) is 0 Å². The molecule has 0 aliphatic heterocycles. The minimum Gasteiger partial charge on any atom is -0.381 e. The van der Waals surface area contributed by atoms with Crippen molar-refractivity contribution in [1.29, 1.82) is 0 Å². The van der Waals surface area contributed by atoms with Crippen molar-refractivity contribution in [1.82, 2.24) is 0 Å². The zero-order chi connectivity index (χ0) is 24.3. The van der Waals surface area contributed by atoms with E-state index in [2.05, 4.69) is 17.4 Å². The Hall–Kier alpha value is -2.55. The van der Waals surface area contributed by atoms with E-state index in [-0.39, 0.29) is 40.7 Å². The van der Waals surface area contributed by atoms with Gasteiger partial charge in [-0.15, -0.1) is 0 Å². The fourth-order valence-electron chi connectivity index (χ4n) is 3.92. The Labute approximate surface area is 196 Å². The van der Waals surface area contributed by atoms with Gasteiger partial charge in [0.1, 0.15) is 10.7 Å². The first-order valence-corrected chi connectivity index (χ1v) is 12.6. The molecule has 0 aliphatic rings. The van der Waals surface area contributed by atoms with Gasteiger partial charge in [-0.2, -0.15) is 8.42 Å². The van der Waals surface area contributed by atoms with Crippen molar-refractivity contribution in [2.75, 3.05) is 12.4 Å². The average molecular weight is 476 g/mol. The van der Waals surface area contributed by atoms with Gasteiger partial charge in [0.05, 0.1) is 11.8 Å². The van der Waals surface area contributed by atoms with Gasteiger partial charge >= 0.3 is 0 Å². The summed E-state index contributed by atoms with van der Waals surface area (Å²) >= 11 is 0. The summed E-state index contributed by atoms with van der Waals surface area (Å²) in [6, 6.07) is 15.8. The molecule has 180 valence electrons. The first kappa shape index (κ1) is 26.7. The molecule has 2 unspecified atom stereocenters. The molecule has 0 aliphatic carbocycles. The summed E-state index contributed by atoms with van der Waals surface area (Å²) in [6.45, 7) is 1.60. The standard InChI is InChI=1S/C25H33NO6S/c1-19(27)21(23(32-2)18-17-20-11-5-3-6-12-20)13-7-4-8-16-25(28)26-22-14-9-10-15-24(22)33(29,30)31/h3,5-6,9-12,14-15,21,23H,4,7-8,13,16-18H2,1-2H3,(H,26,28)(H,29,30,31). The summed E-state index contributed by atoms with van der Waals surface area (Å²) < 4.78 is 37.8. The summed E-state index contributed by atoms with van der Waals surface area (Å²) in [5.74, 6) is -0.407. The van der Waals surface area contributed by atoms with Crippen LogP contribution in [0.25, 0.3) is 0 Å². The Morgan fingerprint density at radius 2 is 1.64 bits per heavy atom. The van der Waals surface area contributed by atoms with Crippen LogP contribution in [0.15, 0.2) is 59.5 Å². The van der Waals surface area contributed by atoms with E-state index in [9.17, 15) is 22.6 Å². The predicted molar refractivity (Wildman–Crippen MR) is 128 cm³/mol. The van der Waals surface area contributed by atoms with Crippen LogP contribution in [0, 0.1) is 5.92 Å². The molecule has 0 fully saturated rings. The maximum atomic E-state index is 12.2. The smallest absolute Gasteiger partial charge is 0.296 e. The number of hydrogen-bond donors (Lipinski definition) is 2. The number of benzene rings is 2. The highest BCUT2D eigenvalue weighted by atomic mass is 32.2. The van der Waals surface area contributed by atoms with E-state index >= 15 is 0 Å². The highest BCUT2D eigenvalue weighted by molar-refractivity contribution is 7.86. The maximum Gasteiger partial charge on any atom is 0.296 e. The highest BCUT2D eigenvalue weighted by Crippen LogP contribution is 2.23. The molecule has 2 aromatic carbocycles. The SMILES string of the molecule is COC(CCc1ccccc1)C(CCCCCC(=O)Nc1ccccc1S(=O)(=O)O)C(C)=O. The van der Waals surface area contributed by atoms with Gasteiger partial charge in [0, 0.05) is 19.4 Å². The largest absolute Gasteiger partial charge is 0.381 e. The van der Waals surface area contributed by atoms with E-state index in [1.807, 2.05) is 18.2 Å². The first-order valence-electron chi connectivity index (χ1n) is 11.2. The quantitative estimate of drug-likeness (QED) is 0.303. The van der Waals surface area contributed by atoms with Gasteiger partial charge in [0.2, 0.25) is 5.91 Å². The van der Waals surface area contributed by atoms with E-state index < -0.39 is 10.1 Å². The second-order valence-corrected chi connectivity index (χ2v) is 9.52. The van der Waals surface area contributed by atoms with Crippen molar-refractivity contribution in [3.8, 4) is 0 Å². The fraction of sp³-hybridized carbons (Fsp3) is 0.440. The molecule has 0 radical (unpaired) electrons. The van der Waals surface area contributed by atoms with Crippen LogP contribution in [0.3, 0.4) is 0 Å². The fourth-order valence-corrected chi connectivity index (χ4v) is 4.57. The van der Waals surface area contributed by atoms with E-state index in [0.717, 1.165) is 25.7 Å². The van der Waals surface area contributed by atoms with Crippen molar-refractivity contribution in [3.63, 3.8) is 0 Å². The van der Waals surface area contributed by atoms with Crippen LogP contribution in [-0.4, -0.2) is 37.9 Å². The normalized spacial score (nSPS) is 13.3. The lowest BCUT2D eigenvalue weighted by molar-refractivity contribution is -0.125. The minimum absolute atomic E-state index is 0.0583. The molecule has 2 atom stereocenters. The summed E-state index contributed by atoms with van der Waals surface area (Å²) in [4.78, 5) is 24.1. The third-order valence-corrected chi connectivity index (χ3v) is 6.60. The van der Waals surface area contributed by atoms with E-state index in [4.69, 9.17) is 4.74 Å². The Morgan fingerprint density at radius 1 is 0.970 bits per heavy atom. The Balaban J connectivity index is 1.78. The lowest BCUT2D eigenvalue weighted by Crippen LogP contribution is -2.29. The number of rotatable bonds is 14. The molecule has 1 amide bonds. The summed E-state index contributed by atoms with van der Waals surface area (Å²) in [7, 11) is -2.78. The second kappa shape index (κ2) is 13.2. The predicted octanol–water partition coefficient (Wildman–Crippen LogP) is 4.68.